The summed E-state index contributed by atoms with van der Waals surface area (Å²) in [4.78, 5) is 47.5. The third kappa shape index (κ3) is 12.8. The molecule has 0 saturated carbocycles. The van der Waals surface area contributed by atoms with Crippen LogP contribution in [0.1, 0.15) is 31.8 Å². The van der Waals surface area contributed by atoms with Gasteiger partial charge >= 0.3 is 12.4 Å². The maximum absolute atomic E-state index is 14.5. The number of rotatable bonds is 10. The summed E-state index contributed by atoms with van der Waals surface area (Å²) >= 11 is 11.2. The van der Waals surface area contributed by atoms with Crippen molar-refractivity contribution < 1.29 is 58.9 Å². The quantitative estimate of drug-likeness (QED) is 0.112. The Morgan fingerprint density at radius 1 is 0.553 bits per heavy atom. The summed E-state index contributed by atoms with van der Waals surface area (Å²) in [7, 11) is 0. The fourth-order valence-corrected chi connectivity index (χ4v) is 8.28. The lowest BCUT2D eigenvalue weighted by atomic mass is 10.1. The summed E-state index contributed by atoms with van der Waals surface area (Å²) in [5, 5.41) is 7.13. The van der Waals surface area contributed by atoms with E-state index < -0.39 is 57.0 Å². The number of fused-ring (bicyclic) bond motifs is 2. The minimum absolute atomic E-state index is 0.116. The molecule has 76 heavy (non-hydrogen) atoms. The highest BCUT2D eigenvalue weighted by atomic mass is 35.5. The molecule has 0 bridgehead atoms. The number of anilines is 4. The van der Waals surface area contributed by atoms with E-state index in [-0.39, 0.29) is 39.8 Å². The van der Waals surface area contributed by atoms with Gasteiger partial charge < -0.3 is 40.0 Å². The Balaban J connectivity index is 0.000000186. The number of aromatic nitrogens is 4. The average Bonchev–Trinajstić information content (AvgIpc) is 3.40. The van der Waals surface area contributed by atoms with Crippen LogP contribution >= 0.6 is 23.2 Å². The largest absolute Gasteiger partial charge is 0.454 e. The molecule has 2 aliphatic rings. The minimum Gasteiger partial charge on any atom is -0.454 e. The lowest BCUT2D eigenvalue weighted by Crippen LogP contribution is -2.43. The Hall–Kier alpha value is -7.92. The second kappa shape index (κ2) is 22.5. The molecular formula is C52H39Cl2F8N9O5. The molecule has 0 aliphatic carbocycles. The normalized spacial score (nSPS) is 14.0. The van der Waals surface area contributed by atoms with Crippen molar-refractivity contribution in [2.75, 3.05) is 72.9 Å². The van der Waals surface area contributed by atoms with E-state index in [0.717, 1.165) is 62.3 Å². The van der Waals surface area contributed by atoms with E-state index >= 15 is 0 Å². The van der Waals surface area contributed by atoms with Crippen LogP contribution in [0.2, 0.25) is 10.0 Å². The number of morpholine rings is 1. The summed E-state index contributed by atoms with van der Waals surface area (Å²) in [6.45, 7) is 5.85. The molecule has 0 spiro atoms. The smallest absolute Gasteiger partial charge is 0.417 e. The average molecular weight is 1090 g/mol. The molecular weight excluding hydrogens is 1050 g/mol. The zero-order valence-electron chi connectivity index (χ0n) is 39.2. The van der Waals surface area contributed by atoms with Gasteiger partial charge in [-0.2, -0.15) is 26.3 Å². The molecule has 6 aromatic carbocycles. The molecule has 2 aromatic heterocycles. The summed E-state index contributed by atoms with van der Waals surface area (Å²) < 4.78 is 125. The van der Waals surface area contributed by atoms with Gasteiger partial charge in [-0.1, -0.05) is 23.2 Å². The van der Waals surface area contributed by atoms with Gasteiger partial charge in [-0.25, -0.2) is 18.7 Å². The topological polar surface area (TPSA) is 156 Å². The van der Waals surface area contributed by atoms with Crippen LogP contribution in [0.15, 0.2) is 122 Å². The van der Waals surface area contributed by atoms with E-state index in [9.17, 15) is 44.7 Å². The Morgan fingerprint density at radius 3 is 1.42 bits per heavy atom. The number of hydrogen-bond acceptors (Lipinski definition) is 12. The van der Waals surface area contributed by atoms with Gasteiger partial charge in [0, 0.05) is 86.0 Å². The minimum atomic E-state index is -4.72. The monoisotopic (exact) mass is 1090 g/mol. The van der Waals surface area contributed by atoms with Crippen molar-refractivity contribution >= 4 is 80.1 Å². The Kier molecular flexibility index (Phi) is 15.7. The van der Waals surface area contributed by atoms with E-state index in [0.29, 0.717) is 72.1 Å². The summed E-state index contributed by atoms with van der Waals surface area (Å²) in [5.41, 5.74) is -0.191. The molecule has 8 aromatic rings. The highest BCUT2D eigenvalue weighted by Gasteiger charge is 2.35. The van der Waals surface area contributed by atoms with Crippen molar-refractivity contribution in [2.45, 2.75) is 12.4 Å². The van der Waals surface area contributed by atoms with Gasteiger partial charge in [-0.15, -0.1) is 0 Å². The SMILES string of the molecule is O=C(Nc1ccc(F)c(Oc2ccc3ncc(N4CCNCC4)nc3c2)c1)c1ccc(Cl)c(C(F)(F)F)c1.O=C(Nc1ccc(F)c(Oc2ccc3ncc(N4CCOCC4)nc3c2)c1)c1ccc(Cl)c(C(F)(F)F)c1. The first-order chi connectivity index (χ1) is 36.3. The molecule has 14 nitrogen and oxygen atoms in total. The van der Waals surface area contributed by atoms with E-state index in [2.05, 4.69) is 40.8 Å². The number of ether oxygens (including phenoxy) is 3. The molecule has 2 aliphatic heterocycles. The number of piperazine rings is 1. The maximum atomic E-state index is 14.5. The predicted molar refractivity (Wildman–Crippen MR) is 269 cm³/mol. The van der Waals surface area contributed by atoms with Gasteiger partial charge in [0.15, 0.2) is 23.1 Å². The highest BCUT2D eigenvalue weighted by molar-refractivity contribution is 6.32. The van der Waals surface area contributed by atoms with Gasteiger partial charge in [0.1, 0.15) is 23.1 Å². The molecule has 3 N–H and O–H groups in total. The number of carbonyl (C=O) groups is 2. The lowest BCUT2D eigenvalue weighted by molar-refractivity contribution is -0.138. The van der Waals surface area contributed by atoms with Gasteiger partial charge in [-0.05, 0) is 84.9 Å². The van der Waals surface area contributed by atoms with Crippen molar-refractivity contribution in [2.24, 2.45) is 0 Å². The standard InChI is InChI=1S/C26H20ClF4N5O2.C26H19ClF4N4O3/c27-19-4-1-15(11-18(19)26(29,30)31)25(37)34-16-2-5-20(28)23(12-16)38-17-3-6-21-22(13-17)35-24(14-33-21)36-9-7-32-8-10-36;27-19-4-1-15(11-18(19)26(29,30)31)25(36)33-16-2-5-20(28)23(12-16)38-17-3-6-21-22(13-17)34-24(14-32-21)35-7-9-37-10-8-35/h1-6,11-14,32H,7-10H2,(H,34,37);1-6,11-14H,7-10H2,(H,33,36). The second-order valence-corrected chi connectivity index (χ2v) is 17.7. The molecule has 4 heterocycles. The van der Waals surface area contributed by atoms with E-state index in [1.807, 2.05) is 4.90 Å². The van der Waals surface area contributed by atoms with Crippen LogP contribution < -0.4 is 35.2 Å². The molecule has 392 valence electrons. The third-order valence-electron chi connectivity index (χ3n) is 11.7. The first-order valence-electron chi connectivity index (χ1n) is 23.0. The molecule has 0 radical (unpaired) electrons. The molecule has 2 amide bonds. The first kappa shape index (κ1) is 52.9. The van der Waals surface area contributed by atoms with Gasteiger partial charge in [0.25, 0.3) is 11.8 Å². The number of nitrogens with zero attached hydrogens (tertiary/aromatic N) is 6. The van der Waals surface area contributed by atoms with E-state index in [1.54, 1.807) is 48.8 Å². The number of nitrogens with one attached hydrogen (secondary N) is 3. The van der Waals surface area contributed by atoms with E-state index in [1.165, 1.54) is 30.3 Å². The highest BCUT2D eigenvalue weighted by Crippen LogP contribution is 2.38. The van der Waals surface area contributed by atoms with Crippen molar-refractivity contribution in [3.8, 4) is 23.0 Å². The number of carbonyl (C=O) groups excluding carboxylic acids is 2. The van der Waals surface area contributed by atoms with Crippen LogP contribution in [-0.2, 0) is 17.1 Å². The molecule has 0 unspecified atom stereocenters. The van der Waals surface area contributed by atoms with Crippen LogP contribution in [0.4, 0.5) is 58.1 Å². The molecule has 24 heteroatoms. The fraction of sp³-hybridized carbons (Fsp3) is 0.192. The second-order valence-electron chi connectivity index (χ2n) is 16.9. The number of benzene rings is 6. The van der Waals surface area contributed by atoms with Crippen LogP contribution in [0.3, 0.4) is 0 Å². The lowest BCUT2D eigenvalue weighted by Gasteiger charge is -2.28. The first-order valence-corrected chi connectivity index (χ1v) is 23.7. The van der Waals surface area contributed by atoms with Gasteiger partial charge in [0.2, 0.25) is 0 Å². The fourth-order valence-electron chi connectivity index (χ4n) is 7.83. The molecule has 2 fully saturated rings. The third-order valence-corrected chi connectivity index (χ3v) is 12.3. The van der Waals surface area contributed by atoms with E-state index in [4.69, 9.17) is 37.4 Å². The summed E-state index contributed by atoms with van der Waals surface area (Å²) in [5.74, 6) is -1.48. The number of hydrogen-bond donors (Lipinski definition) is 3. The molecule has 0 atom stereocenters. The predicted octanol–water partition coefficient (Wildman–Crippen LogP) is 12.2. The van der Waals surface area contributed by atoms with Crippen molar-refractivity contribution in [1.29, 1.82) is 0 Å². The zero-order chi connectivity index (χ0) is 53.7. The number of amides is 2. The van der Waals surface area contributed by atoms with Crippen LogP contribution in [0.5, 0.6) is 23.0 Å². The van der Waals surface area contributed by atoms with Crippen LogP contribution in [-0.4, -0.2) is 84.2 Å². The van der Waals surface area contributed by atoms with Crippen molar-refractivity contribution in [3.63, 3.8) is 0 Å². The van der Waals surface area contributed by atoms with Crippen molar-refractivity contribution in [3.05, 3.63) is 166 Å². The van der Waals surface area contributed by atoms with Crippen molar-refractivity contribution in [1.82, 2.24) is 25.3 Å². The maximum Gasteiger partial charge on any atom is 0.417 e. The van der Waals surface area contributed by atoms with Crippen LogP contribution in [0.25, 0.3) is 22.1 Å². The van der Waals surface area contributed by atoms with Gasteiger partial charge in [0.05, 0.1) is 68.8 Å². The number of halogens is 10. The molecule has 2 saturated heterocycles. The summed E-state index contributed by atoms with van der Waals surface area (Å²) in [6.07, 6.45) is -6.06. The Bertz CT molecular complexity index is 3250. The Morgan fingerprint density at radius 2 is 0.987 bits per heavy atom. The van der Waals surface area contributed by atoms with Crippen LogP contribution in [0, 0.1) is 11.6 Å². The molecule has 10 rings (SSSR count). The Labute approximate surface area is 436 Å². The number of alkyl halides is 6. The van der Waals surface area contributed by atoms with Gasteiger partial charge in [-0.3, -0.25) is 19.6 Å². The zero-order valence-corrected chi connectivity index (χ0v) is 40.7. The summed E-state index contributed by atoms with van der Waals surface area (Å²) in [6, 6.07) is 22.6.